The summed E-state index contributed by atoms with van der Waals surface area (Å²) in [7, 11) is 0. The lowest BCUT2D eigenvalue weighted by Crippen LogP contribution is -2.43. The fraction of sp³-hybridized carbons (Fsp3) is 0.412. The van der Waals surface area contributed by atoms with Crippen molar-refractivity contribution in [1.82, 2.24) is 15.0 Å². The molecule has 0 aliphatic carbocycles. The molecule has 0 radical (unpaired) electrons. The Balaban J connectivity index is 1.64. The van der Waals surface area contributed by atoms with E-state index in [2.05, 4.69) is 10.1 Å². The normalized spacial score (nSPS) is 17.8. The predicted molar refractivity (Wildman–Crippen MR) is 87.8 cm³/mol. The van der Waals surface area contributed by atoms with Crippen LogP contribution in [-0.4, -0.2) is 39.8 Å². The van der Waals surface area contributed by atoms with Gasteiger partial charge in [-0.25, -0.2) is 0 Å². The minimum atomic E-state index is -0.184. The summed E-state index contributed by atoms with van der Waals surface area (Å²) in [6.07, 6.45) is 1.69. The van der Waals surface area contributed by atoms with E-state index in [0.29, 0.717) is 35.4 Å². The van der Waals surface area contributed by atoms with Gasteiger partial charge in [0.1, 0.15) is 0 Å². The Labute approximate surface area is 144 Å². The second-order valence-corrected chi connectivity index (χ2v) is 6.39. The number of hydrogen-bond acceptors (Lipinski definition) is 5. The molecular weight excluding hydrogens is 330 g/mol. The van der Waals surface area contributed by atoms with Crippen molar-refractivity contribution in [3.63, 3.8) is 0 Å². The van der Waals surface area contributed by atoms with Gasteiger partial charge >= 0.3 is 0 Å². The summed E-state index contributed by atoms with van der Waals surface area (Å²) in [5.74, 6) is 0.607. The van der Waals surface area contributed by atoms with Crippen LogP contribution in [0.15, 0.2) is 28.8 Å². The number of ketones is 1. The molecule has 6 nitrogen and oxygen atoms in total. The van der Waals surface area contributed by atoms with Crippen molar-refractivity contribution in [2.24, 2.45) is 5.92 Å². The van der Waals surface area contributed by atoms with E-state index in [-0.39, 0.29) is 24.0 Å². The van der Waals surface area contributed by atoms with Gasteiger partial charge in [-0.2, -0.15) is 4.98 Å². The quantitative estimate of drug-likeness (QED) is 0.795. The number of carbonyl (C=O) groups is 2. The molecule has 1 saturated heterocycles. The lowest BCUT2D eigenvalue weighted by molar-refractivity contribution is -0.132. The van der Waals surface area contributed by atoms with Gasteiger partial charge < -0.3 is 9.42 Å². The zero-order chi connectivity index (χ0) is 17.1. The van der Waals surface area contributed by atoms with Crippen molar-refractivity contribution in [1.29, 1.82) is 0 Å². The molecule has 0 bridgehead atoms. The van der Waals surface area contributed by atoms with Crippen molar-refractivity contribution in [2.45, 2.75) is 26.2 Å². The molecule has 1 aliphatic heterocycles. The molecule has 1 amide bonds. The van der Waals surface area contributed by atoms with Gasteiger partial charge in [0, 0.05) is 36.5 Å². The van der Waals surface area contributed by atoms with Gasteiger partial charge in [0.2, 0.25) is 11.8 Å². The summed E-state index contributed by atoms with van der Waals surface area (Å²) in [4.78, 5) is 30.8. The Hall–Kier alpha value is -2.21. The molecular formula is C17H18ClN3O3. The first-order valence-corrected chi connectivity index (χ1v) is 8.27. The topological polar surface area (TPSA) is 76.3 Å². The minimum absolute atomic E-state index is 0.0552. The molecule has 1 aromatic heterocycles. The third kappa shape index (κ3) is 3.82. The maximum atomic E-state index is 12.6. The average molecular weight is 348 g/mol. The third-order valence-electron chi connectivity index (χ3n) is 4.15. The van der Waals surface area contributed by atoms with Gasteiger partial charge in [-0.3, -0.25) is 9.59 Å². The first kappa shape index (κ1) is 16.6. The molecule has 0 spiro atoms. The summed E-state index contributed by atoms with van der Waals surface area (Å²) < 4.78 is 4.88. The van der Waals surface area contributed by atoms with Crippen LogP contribution >= 0.6 is 11.6 Å². The summed E-state index contributed by atoms with van der Waals surface area (Å²) >= 11 is 5.86. The molecule has 2 heterocycles. The number of nitrogens with zero attached hydrogens (tertiary/aromatic N) is 3. The van der Waals surface area contributed by atoms with E-state index in [1.807, 2.05) is 0 Å². The van der Waals surface area contributed by atoms with Crippen LogP contribution in [-0.2, 0) is 11.2 Å². The van der Waals surface area contributed by atoms with Crippen LogP contribution in [0.4, 0.5) is 0 Å². The highest BCUT2D eigenvalue weighted by molar-refractivity contribution is 6.30. The molecule has 1 unspecified atom stereocenters. The van der Waals surface area contributed by atoms with Gasteiger partial charge in [0.05, 0.1) is 6.42 Å². The number of benzene rings is 1. The second kappa shape index (κ2) is 7.13. The van der Waals surface area contributed by atoms with Crippen LogP contribution in [0, 0.1) is 12.8 Å². The minimum Gasteiger partial charge on any atom is -0.342 e. The van der Waals surface area contributed by atoms with Crippen LogP contribution in [0.1, 0.15) is 34.9 Å². The molecule has 2 aromatic rings. The maximum absolute atomic E-state index is 12.6. The number of piperidine rings is 1. The Morgan fingerprint density at radius 1 is 1.33 bits per heavy atom. The number of Topliss-reactive ketones (excluding diaryl/α,β-unsaturated/α-hetero) is 1. The van der Waals surface area contributed by atoms with E-state index in [0.717, 1.165) is 12.8 Å². The molecule has 126 valence electrons. The number of carbonyl (C=O) groups excluding carboxylic acids is 2. The zero-order valence-electron chi connectivity index (χ0n) is 13.4. The third-order valence-corrected chi connectivity index (χ3v) is 4.40. The van der Waals surface area contributed by atoms with Gasteiger partial charge in [-0.15, -0.1) is 0 Å². The monoisotopic (exact) mass is 347 g/mol. The number of aromatic nitrogens is 2. The number of amides is 1. The zero-order valence-corrected chi connectivity index (χ0v) is 14.1. The lowest BCUT2D eigenvalue weighted by atomic mass is 9.90. The number of aryl methyl sites for hydroxylation is 1. The molecule has 1 fully saturated rings. The predicted octanol–water partition coefficient (Wildman–Crippen LogP) is 2.70. The van der Waals surface area contributed by atoms with Gasteiger partial charge in [-0.05, 0) is 37.1 Å². The molecule has 24 heavy (non-hydrogen) atoms. The average Bonchev–Trinajstić information content (AvgIpc) is 3.00. The lowest BCUT2D eigenvalue weighted by Gasteiger charge is -2.32. The summed E-state index contributed by atoms with van der Waals surface area (Å²) in [6, 6.07) is 6.87. The van der Waals surface area contributed by atoms with Crippen molar-refractivity contribution in [2.75, 3.05) is 13.1 Å². The van der Waals surface area contributed by atoms with Crippen LogP contribution in [0.5, 0.6) is 0 Å². The van der Waals surface area contributed by atoms with E-state index in [9.17, 15) is 9.59 Å². The molecule has 7 heteroatoms. The summed E-state index contributed by atoms with van der Waals surface area (Å²) in [6.45, 7) is 2.76. The van der Waals surface area contributed by atoms with Crippen molar-refractivity contribution < 1.29 is 14.1 Å². The SMILES string of the molecule is Cc1nc(CC(=O)N2CCCC(C(=O)c3ccc(Cl)cc3)C2)no1. The Kier molecular flexibility index (Phi) is 4.94. The molecule has 1 aliphatic rings. The Bertz CT molecular complexity index is 742. The number of likely N-dealkylation sites (tertiary alicyclic amines) is 1. The summed E-state index contributed by atoms with van der Waals surface area (Å²) in [5.41, 5.74) is 0.632. The highest BCUT2D eigenvalue weighted by Crippen LogP contribution is 2.22. The van der Waals surface area contributed by atoms with Crippen molar-refractivity contribution in [3.05, 3.63) is 46.6 Å². The molecule has 0 N–H and O–H groups in total. The first-order chi connectivity index (χ1) is 11.5. The van der Waals surface area contributed by atoms with Gasteiger partial charge in [-0.1, -0.05) is 16.8 Å². The van der Waals surface area contributed by atoms with E-state index in [1.54, 1.807) is 36.1 Å². The van der Waals surface area contributed by atoms with Gasteiger partial charge in [0.15, 0.2) is 11.6 Å². The van der Waals surface area contributed by atoms with E-state index in [4.69, 9.17) is 16.1 Å². The fourth-order valence-corrected chi connectivity index (χ4v) is 3.05. The van der Waals surface area contributed by atoms with Crippen LogP contribution in [0.3, 0.4) is 0 Å². The highest BCUT2D eigenvalue weighted by Gasteiger charge is 2.29. The number of hydrogen-bond donors (Lipinski definition) is 0. The van der Waals surface area contributed by atoms with Gasteiger partial charge in [0.25, 0.3) is 0 Å². The smallest absolute Gasteiger partial charge is 0.230 e. The van der Waals surface area contributed by atoms with Crippen molar-refractivity contribution in [3.8, 4) is 0 Å². The number of halogens is 1. The number of rotatable bonds is 4. The van der Waals surface area contributed by atoms with Crippen molar-refractivity contribution >= 4 is 23.3 Å². The van der Waals surface area contributed by atoms with Crippen LogP contribution in [0.2, 0.25) is 5.02 Å². The van der Waals surface area contributed by atoms with E-state index >= 15 is 0 Å². The Morgan fingerprint density at radius 2 is 2.08 bits per heavy atom. The fourth-order valence-electron chi connectivity index (χ4n) is 2.93. The highest BCUT2D eigenvalue weighted by atomic mass is 35.5. The maximum Gasteiger partial charge on any atom is 0.230 e. The largest absolute Gasteiger partial charge is 0.342 e. The molecule has 1 aromatic carbocycles. The van der Waals surface area contributed by atoms with E-state index < -0.39 is 0 Å². The molecule has 3 rings (SSSR count). The van der Waals surface area contributed by atoms with Crippen LogP contribution < -0.4 is 0 Å². The molecule has 1 atom stereocenters. The first-order valence-electron chi connectivity index (χ1n) is 7.89. The second-order valence-electron chi connectivity index (χ2n) is 5.96. The summed E-state index contributed by atoms with van der Waals surface area (Å²) in [5, 5.41) is 4.35. The standard InChI is InChI=1S/C17H18ClN3O3/c1-11-19-15(20-24-11)9-16(22)21-8-2-3-13(10-21)17(23)12-4-6-14(18)7-5-12/h4-7,13H,2-3,8-10H2,1H3. The Morgan fingerprint density at radius 3 is 2.75 bits per heavy atom. The van der Waals surface area contributed by atoms with Crippen LogP contribution in [0.25, 0.3) is 0 Å². The molecule has 0 saturated carbocycles. The van der Waals surface area contributed by atoms with E-state index in [1.165, 1.54) is 0 Å².